The van der Waals surface area contributed by atoms with Gasteiger partial charge < -0.3 is 9.73 Å². The number of hydrogen-bond donors (Lipinski definition) is 1. The van der Waals surface area contributed by atoms with Gasteiger partial charge in [0.15, 0.2) is 0 Å². The van der Waals surface area contributed by atoms with Gasteiger partial charge in [-0.3, -0.25) is 14.9 Å². The van der Waals surface area contributed by atoms with Crippen molar-refractivity contribution in [2.45, 2.75) is 26.8 Å². The number of furan rings is 1. The molecular formula is C19H18N2O4. The van der Waals surface area contributed by atoms with Crippen molar-refractivity contribution in [3.8, 4) is 0 Å². The molecule has 0 saturated carbocycles. The summed E-state index contributed by atoms with van der Waals surface area (Å²) in [6.07, 6.45) is 1.85. The van der Waals surface area contributed by atoms with Crippen LogP contribution in [0.2, 0.25) is 0 Å². The predicted molar refractivity (Wildman–Crippen MR) is 94.3 cm³/mol. The molecule has 1 N–H and O–H groups in total. The van der Waals surface area contributed by atoms with Gasteiger partial charge in [-0.05, 0) is 30.5 Å². The summed E-state index contributed by atoms with van der Waals surface area (Å²) in [5.41, 5.74) is 4.73. The van der Waals surface area contributed by atoms with Crippen LogP contribution in [0.4, 0.5) is 5.69 Å². The highest BCUT2D eigenvalue weighted by Crippen LogP contribution is 2.26. The van der Waals surface area contributed by atoms with Crippen LogP contribution in [0.5, 0.6) is 0 Å². The first-order chi connectivity index (χ1) is 12.0. The molecule has 2 aromatic carbocycles. The lowest BCUT2D eigenvalue weighted by Crippen LogP contribution is -2.24. The standard InChI is InChI=1S/C19H18N2O4/c1-12-3-8-17-15(11-25-19(17)13(12)2)9-18(22)20-10-14-4-6-16(7-5-14)21(23)24/h3-8,11H,9-10H2,1-2H3,(H,20,22). The first-order valence-electron chi connectivity index (χ1n) is 7.92. The zero-order chi connectivity index (χ0) is 18.0. The fourth-order valence-electron chi connectivity index (χ4n) is 2.70. The van der Waals surface area contributed by atoms with Gasteiger partial charge in [-0.1, -0.05) is 24.3 Å². The average molecular weight is 338 g/mol. The minimum absolute atomic E-state index is 0.0330. The molecule has 0 radical (unpaired) electrons. The van der Waals surface area contributed by atoms with Gasteiger partial charge in [-0.2, -0.15) is 0 Å². The summed E-state index contributed by atoms with van der Waals surface area (Å²) in [7, 11) is 0. The van der Waals surface area contributed by atoms with E-state index in [0.29, 0.717) is 6.54 Å². The first kappa shape index (κ1) is 16.7. The molecule has 25 heavy (non-hydrogen) atoms. The molecule has 1 aromatic heterocycles. The van der Waals surface area contributed by atoms with Crippen molar-refractivity contribution in [2.24, 2.45) is 0 Å². The van der Waals surface area contributed by atoms with Crippen LogP contribution >= 0.6 is 0 Å². The molecule has 0 spiro atoms. The van der Waals surface area contributed by atoms with Crippen molar-refractivity contribution in [2.75, 3.05) is 0 Å². The predicted octanol–water partition coefficient (Wildman–Crippen LogP) is 3.82. The quantitative estimate of drug-likeness (QED) is 0.566. The number of amides is 1. The average Bonchev–Trinajstić information content (AvgIpc) is 3.00. The Morgan fingerprint density at radius 1 is 1.16 bits per heavy atom. The van der Waals surface area contributed by atoms with E-state index < -0.39 is 4.92 Å². The van der Waals surface area contributed by atoms with Gasteiger partial charge >= 0.3 is 0 Å². The number of nitrogens with zero attached hydrogens (tertiary/aromatic N) is 1. The monoisotopic (exact) mass is 338 g/mol. The minimum atomic E-state index is -0.448. The van der Waals surface area contributed by atoms with E-state index in [1.165, 1.54) is 12.1 Å². The van der Waals surface area contributed by atoms with Crippen molar-refractivity contribution >= 4 is 22.6 Å². The summed E-state index contributed by atoms with van der Waals surface area (Å²) in [6, 6.07) is 10.1. The van der Waals surface area contributed by atoms with Crippen molar-refractivity contribution in [1.82, 2.24) is 5.32 Å². The summed E-state index contributed by atoms with van der Waals surface area (Å²) >= 11 is 0. The SMILES string of the molecule is Cc1ccc2c(CC(=O)NCc3ccc([N+](=O)[O-])cc3)coc2c1C. The highest BCUT2D eigenvalue weighted by atomic mass is 16.6. The maximum Gasteiger partial charge on any atom is 0.269 e. The van der Waals surface area contributed by atoms with Crippen molar-refractivity contribution < 1.29 is 14.1 Å². The third-order valence-electron chi connectivity index (χ3n) is 4.33. The van der Waals surface area contributed by atoms with E-state index in [-0.39, 0.29) is 18.0 Å². The highest BCUT2D eigenvalue weighted by Gasteiger charge is 2.13. The van der Waals surface area contributed by atoms with Gasteiger partial charge in [0.1, 0.15) is 5.58 Å². The van der Waals surface area contributed by atoms with Crippen LogP contribution in [0, 0.1) is 24.0 Å². The molecule has 0 unspecified atom stereocenters. The maximum atomic E-state index is 12.2. The molecule has 0 aliphatic rings. The number of carbonyl (C=O) groups excluding carboxylic acids is 1. The summed E-state index contributed by atoms with van der Waals surface area (Å²) in [6.45, 7) is 4.35. The molecule has 0 bridgehead atoms. The molecule has 6 nitrogen and oxygen atoms in total. The van der Waals surface area contributed by atoms with Crippen molar-refractivity contribution in [1.29, 1.82) is 0 Å². The topological polar surface area (TPSA) is 85.4 Å². The zero-order valence-electron chi connectivity index (χ0n) is 14.0. The van der Waals surface area contributed by atoms with Gasteiger partial charge in [-0.15, -0.1) is 0 Å². The number of non-ortho nitro benzene ring substituents is 1. The Labute approximate surface area is 144 Å². The molecular weight excluding hydrogens is 320 g/mol. The van der Waals surface area contributed by atoms with E-state index in [4.69, 9.17) is 4.42 Å². The summed E-state index contributed by atoms with van der Waals surface area (Å²) in [5, 5.41) is 14.4. The van der Waals surface area contributed by atoms with E-state index in [1.807, 2.05) is 26.0 Å². The lowest BCUT2D eigenvalue weighted by molar-refractivity contribution is -0.384. The highest BCUT2D eigenvalue weighted by molar-refractivity contribution is 5.89. The van der Waals surface area contributed by atoms with Gasteiger partial charge in [-0.25, -0.2) is 0 Å². The van der Waals surface area contributed by atoms with Crippen LogP contribution in [0.1, 0.15) is 22.3 Å². The smallest absolute Gasteiger partial charge is 0.269 e. The lowest BCUT2D eigenvalue weighted by atomic mass is 10.0. The maximum absolute atomic E-state index is 12.2. The van der Waals surface area contributed by atoms with Crippen molar-refractivity contribution in [3.05, 3.63) is 75.0 Å². The van der Waals surface area contributed by atoms with Crippen LogP contribution < -0.4 is 5.32 Å². The molecule has 0 aliphatic carbocycles. The third-order valence-corrected chi connectivity index (χ3v) is 4.33. The normalized spacial score (nSPS) is 10.8. The number of nitro groups is 1. The number of nitrogens with one attached hydrogen (secondary N) is 1. The third kappa shape index (κ3) is 3.52. The van der Waals surface area contributed by atoms with E-state index in [9.17, 15) is 14.9 Å². The van der Waals surface area contributed by atoms with Gasteiger partial charge in [0.25, 0.3) is 5.69 Å². The fourth-order valence-corrected chi connectivity index (χ4v) is 2.70. The Hall–Kier alpha value is -3.15. The van der Waals surface area contributed by atoms with Gasteiger partial charge in [0.2, 0.25) is 5.91 Å². The van der Waals surface area contributed by atoms with Crippen LogP contribution in [0.15, 0.2) is 47.1 Å². The van der Waals surface area contributed by atoms with Gasteiger partial charge in [0.05, 0.1) is 17.6 Å². The van der Waals surface area contributed by atoms with Crippen LogP contribution in [-0.2, 0) is 17.8 Å². The Balaban J connectivity index is 1.65. The molecule has 0 fully saturated rings. The number of fused-ring (bicyclic) bond motifs is 1. The van der Waals surface area contributed by atoms with E-state index >= 15 is 0 Å². The first-order valence-corrected chi connectivity index (χ1v) is 7.92. The fraction of sp³-hybridized carbons (Fsp3) is 0.211. The second kappa shape index (κ2) is 6.76. The number of rotatable bonds is 5. The summed E-state index contributed by atoms with van der Waals surface area (Å²) in [4.78, 5) is 22.4. The van der Waals surface area contributed by atoms with Crippen LogP contribution in [-0.4, -0.2) is 10.8 Å². The van der Waals surface area contributed by atoms with E-state index in [1.54, 1.807) is 18.4 Å². The Morgan fingerprint density at radius 2 is 1.88 bits per heavy atom. The summed E-state index contributed by atoms with van der Waals surface area (Å²) in [5.74, 6) is -0.126. The number of hydrogen-bond acceptors (Lipinski definition) is 4. The number of aryl methyl sites for hydroxylation is 2. The van der Waals surface area contributed by atoms with E-state index in [0.717, 1.165) is 33.2 Å². The lowest BCUT2D eigenvalue weighted by Gasteiger charge is -2.05. The van der Waals surface area contributed by atoms with Gasteiger partial charge in [0, 0.05) is 29.6 Å². The Bertz CT molecular complexity index is 942. The number of carbonyl (C=O) groups is 1. The Kier molecular flexibility index (Phi) is 4.52. The molecule has 6 heteroatoms. The molecule has 3 aromatic rings. The minimum Gasteiger partial charge on any atom is -0.464 e. The van der Waals surface area contributed by atoms with Crippen molar-refractivity contribution in [3.63, 3.8) is 0 Å². The molecule has 128 valence electrons. The van der Waals surface area contributed by atoms with Crippen LogP contribution in [0.3, 0.4) is 0 Å². The molecule has 1 amide bonds. The molecule has 0 saturated heterocycles. The summed E-state index contributed by atoms with van der Waals surface area (Å²) < 4.78 is 5.62. The van der Waals surface area contributed by atoms with Crippen LogP contribution in [0.25, 0.3) is 11.0 Å². The molecule has 0 aliphatic heterocycles. The number of nitro benzene ring substituents is 1. The molecule has 1 heterocycles. The van der Waals surface area contributed by atoms with E-state index in [2.05, 4.69) is 5.32 Å². The second-order valence-electron chi connectivity index (χ2n) is 6.02. The molecule has 3 rings (SSSR count). The zero-order valence-corrected chi connectivity index (χ0v) is 14.0. The second-order valence-corrected chi connectivity index (χ2v) is 6.02. The number of benzene rings is 2. The Morgan fingerprint density at radius 3 is 2.56 bits per heavy atom. The largest absolute Gasteiger partial charge is 0.464 e. The molecule has 0 atom stereocenters.